The van der Waals surface area contributed by atoms with Gasteiger partial charge in [0.15, 0.2) is 0 Å². The van der Waals surface area contributed by atoms with Gasteiger partial charge in [0.1, 0.15) is 11.4 Å². The van der Waals surface area contributed by atoms with Crippen LogP contribution in [0.4, 0.5) is 0 Å². The minimum atomic E-state index is -0.375. The molecule has 0 amide bonds. The molecule has 3 heteroatoms. The van der Waals surface area contributed by atoms with Gasteiger partial charge in [0.25, 0.3) is 0 Å². The van der Waals surface area contributed by atoms with Crippen LogP contribution in [0.25, 0.3) is 0 Å². The molecule has 2 nitrogen and oxygen atoms in total. The second kappa shape index (κ2) is 4.86. The second-order valence-corrected chi connectivity index (χ2v) is 6.52. The number of hydrogen-bond acceptors (Lipinski definition) is 2. The van der Waals surface area contributed by atoms with E-state index in [1.165, 1.54) is 25.7 Å². The van der Waals surface area contributed by atoms with Crippen LogP contribution in [0.5, 0.6) is 5.75 Å². The molecule has 1 aliphatic heterocycles. The minimum absolute atomic E-state index is 0.121. The lowest BCUT2D eigenvalue weighted by Gasteiger charge is -2.40. The Balaban J connectivity index is 1.93. The van der Waals surface area contributed by atoms with Gasteiger partial charge in [0, 0.05) is 16.5 Å². The van der Waals surface area contributed by atoms with Crippen LogP contribution in [0.2, 0.25) is 0 Å². The molecule has 1 atom stereocenters. The number of halogens is 1. The van der Waals surface area contributed by atoms with Crippen molar-refractivity contribution in [2.75, 3.05) is 0 Å². The first-order valence-electron chi connectivity index (χ1n) is 6.85. The fourth-order valence-electron chi connectivity index (χ4n) is 3.29. The Labute approximate surface area is 116 Å². The van der Waals surface area contributed by atoms with Gasteiger partial charge in [0.2, 0.25) is 0 Å². The van der Waals surface area contributed by atoms with Crippen molar-refractivity contribution in [3.8, 4) is 5.75 Å². The number of fused-ring (bicyclic) bond motifs is 1. The summed E-state index contributed by atoms with van der Waals surface area (Å²) in [6, 6.07) is 5.93. The van der Waals surface area contributed by atoms with Crippen LogP contribution in [0.1, 0.15) is 56.6 Å². The van der Waals surface area contributed by atoms with E-state index in [9.17, 15) is 5.11 Å². The predicted octanol–water partition coefficient (Wildman–Crippen LogP) is 4.36. The Morgan fingerprint density at radius 2 is 1.89 bits per heavy atom. The van der Waals surface area contributed by atoms with Gasteiger partial charge in [-0.1, -0.05) is 34.8 Å². The van der Waals surface area contributed by atoms with E-state index in [2.05, 4.69) is 15.9 Å². The number of benzene rings is 1. The smallest absolute Gasteiger partial charge is 0.127 e. The van der Waals surface area contributed by atoms with Crippen LogP contribution < -0.4 is 4.74 Å². The normalized spacial score (nSPS) is 26.2. The van der Waals surface area contributed by atoms with Crippen LogP contribution in [0, 0.1) is 0 Å². The zero-order valence-corrected chi connectivity index (χ0v) is 12.1. The number of aliphatic hydroxyl groups excluding tert-OH is 1. The molecule has 1 aromatic rings. The molecule has 0 bridgehead atoms. The monoisotopic (exact) mass is 310 g/mol. The van der Waals surface area contributed by atoms with E-state index in [1.807, 2.05) is 18.2 Å². The maximum Gasteiger partial charge on any atom is 0.127 e. The standard InChI is InChI=1S/C15H19BrO2/c16-11-5-6-12-13(17)10-15(18-14(12)9-11)7-3-1-2-4-8-15/h5-6,9,13,17H,1-4,7-8,10H2. The van der Waals surface area contributed by atoms with Gasteiger partial charge < -0.3 is 9.84 Å². The van der Waals surface area contributed by atoms with Gasteiger partial charge in [0.05, 0.1) is 6.10 Å². The summed E-state index contributed by atoms with van der Waals surface area (Å²) in [6.07, 6.45) is 7.57. The van der Waals surface area contributed by atoms with Gasteiger partial charge in [-0.25, -0.2) is 0 Å². The van der Waals surface area contributed by atoms with Crippen LogP contribution in [-0.2, 0) is 0 Å². The van der Waals surface area contributed by atoms with Crippen molar-refractivity contribution in [1.82, 2.24) is 0 Å². The third kappa shape index (κ3) is 2.30. The van der Waals surface area contributed by atoms with E-state index in [4.69, 9.17) is 4.74 Å². The van der Waals surface area contributed by atoms with Crippen LogP contribution in [0.15, 0.2) is 22.7 Å². The SMILES string of the molecule is OC1CC2(CCCCCC2)Oc2cc(Br)ccc21. The molecule has 3 rings (SSSR count). The molecular formula is C15H19BrO2. The Bertz CT molecular complexity index is 436. The molecule has 0 aromatic heterocycles. The highest BCUT2D eigenvalue weighted by molar-refractivity contribution is 9.10. The van der Waals surface area contributed by atoms with Crippen molar-refractivity contribution < 1.29 is 9.84 Å². The summed E-state index contributed by atoms with van der Waals surface area (Å²) in [4.78, 5) is 0. The summed E-state index contributed by atoms with van der Waals surface area (Å²) >= 11 is 3.48. The lowest BCUT2D eigenvalue weighted by Crippen LogP contribution is -2.40. The first-order valence-corrected chi connectivity index (χ1v) is 7.64. The van der Waals surface area contributed by atoms with E-state index in [0.29, 0.717) is 0 Å². The molecule has 98 valence electrons. The number of hydrogen-bond donors (Lipinski definition) is 1. The van der Waals surface area contributed by atoms with Gasteiger partial charge >= 0.3 is 0 Å². The molecule has 1 aliphatic carbocycles. The molecule has 1 spiro atoms. The van der Waals surface area contributed by atoms with Gasteiger partial charge in [-0.3, -0.25) is 0 Å². The lowest BCUT2D eigenvalue weighted by molar-refractivity contribution is -0.0245. The van der Waals surface area contributed by atoms with Gasteiger partial charge in [-0.2, -0.15) is 0 Å². The number of aliphatic hydroxyl groups is 1. The maximum absolute atomic E-state index is 10.4. The van der Waals surface area contributed by atoms with Gasteiger partial charge in [-0.15, -0.1) is 0 Å². The molecule has 1 N–H and O–H groups in total. The van der Waals surface area contributed by atoms with Crippen molar-refractivity contribution in [3.63, 3.8) is 0 Å². The molecule has 1 aromatic carbocycles. The van der Waals surface area contributed by atoms with Crippen molar-refractivity contribution in [1.29, 1.82) is 0 Å². The molecular weight excluding hydrogens is 292 g/mol. The quantitative estimate of drug-likeness (QED) is 0.771. The van der Waals surface area contributed by atoms with Crippen LogP contribution in [0.3, 0.4) is 0 Å². The molecule has 18 heavy (non-hydrogen) atoms. The van der Waals surface area contributed by atoms with Crippen LogP contribution in [-0.4, -0.2) is 10.7 Å². The predicted molar refractivity (Wildman–Crippen MR) is 74.8 cm³/mol. The van der Waals surface area contributed by atoms with E-state index >= 15 is 0 Å². The van der Waals surface area contributed by atoms with Crippen molar-refractivity contribution in [2.24, 2.45) is 0 Å². The fraction of sp³-hybridized carbons (Fsp3) is 0.600. The minimum Gasteiger partial charge on any atom is -0.487 e. The highest BCUT2D eigenvalue weighted by atomic mass is 79.9. The van der Waals surface area contributed by atoms with Crippen molar-refractivity contribution >= 4 is 15.9 Å². The molecule has 2 aliphatic rings. The van der Waals surface area contributed by atoms with E-state index < -0.39 is 0 Å². The summed E-state index contributed by atoms with van der Waals surface area (Å²) in [5.41, 5.74) is 0.817. The van der Waals surface area contributed by atoms with Crippen molar-refractivity contribution in [3.05, 3.63) is 28.2 Å². The summed E-state index contributed by atoms with van der Waals surface area (Å²) < 4.78 is 7.31. The maximum atomic E-state index is 10.4. The molecule has 1 fully saturated rings. The highest BCUT2D eigenvalue weighted by Gasteiger charge is 2.40. The van der Waals surface area contributed by atoms with E-state index in [-0.39, 0.29) is 11.7 Å². The van der Waals surface area contributed by atoms with E-state index in [1.54, 1.807) is 0 Å². The lowest BCUT2D eigenvalue weighted by atomic mass is 9.83. The Kier molecular flexibility index (Phi) is 3.37. The molecule has 1 heterocycles. The van der Waals surface area contributed by atoms with Gasteiger partial charge in [-0.05, 0) is 37.8 Å². The number of ether oxygens (including phenoxy) is 1. The third-order valence-electron chi connectivity index (χ3n) is 4.24. The van der Waals surface area contributed by atoms with Crippen LogP contribution >= 0.6 is 15.9 Å². The summed E-state index contributed by atoms with van der Waals surface area (Å²) in [7, 11) is 0. The zero-order chi connectivity index (χ0) is 12.6. The summed E-state index contributed by atoms with van der Waals surface area (Å²) in [5, 5.41) is 10.4. The Morgan fingerprint density at radius 3 is 2.61 bits per heavy atom. The Morgan fingerprint density at radius 1 is 1.17 bits per heavy atom. The molecule has 1 saturated carbocycles. The first-order chi connectivity index (χ1) is 8.69. The molecule has 0 saturated heterocycles. The molecule has 0 radical (unpaired) electrons. The number of rotatable bonds is 0. The van der Waals surface area contributed by atoms with E-state index in [0.717, 1.165) is 35.0 Å². The third-order valence-corrected chi connectivity index (χ3v) is 4.73. The van der Waals surface area contributed by atoms with Crippen molar-refractivity contribution in [2.45, 2.75) is 56.7 Å². The molecule has 1 unspecified atom stereocenters. The highest BCUT2D eigenvalue weighted by Crippen LogP contribution is 2.46. The Hall–Kier alpha value is -0.540. The fourth-order valence-corrected chi connectivity index (χ4v) is 3.63. The topological polar surface area (TPSA) is 29.5 Å². The second-order valence-electron chi connectivity index (χ2n) is 5.60. The zero-order valence-electron chi connectivity index (χ0n) is 10.5. The summed E-state index contributed by atoms with van der Waals surface area (Å²) in [5.74, 6) is 0.866. The average Bonchev–Trinajstić information content (AvgIpc) is 2.54. The summed E-state index contributed by atoms with van der Waals surface area (Å²) in [6.45, 7) is 0. The first kappa shape index (κ1) is 12.5. The average molecular weight is 311 g/mol. The largest absolute Gasteiger partial charge is 0.487 e.